The number of fused-ring (bicyclic) bond motifs is 1. The van der Waals surface area contributed by atoms with E-state index in [1.165, 1.54) is 0 Å². The van der Waals surface area contributed by atoms with Crippen molar-refractivity contribution in [3.8, 4) is 11.5 Å². The minimum atomic E-state index is -0.469. The third-order valence-corrected chi connectivity index (χ3v) is 4.34. The Morgan fingerprint density at radius 2 is 2.00 bits per heavy atom. The van der Waals surface area contributed by atoms with Gasteiger partial charge in [0.15, 0.2) is 0 Å². The molecule has 0 spiro atoms. The number of hydrogen-bond donors (Lipinski definition) is 2. The lowest BCUT2D eigenvalue weighted by molar-refractivity contribution is 0.173. The van der Waals surface area contributed by atoms with Crippen LogP contribution in [0.2, 0.25) is 0 Å². The zero-order chi connectivity index (χ0) is 17.1. The van der Waals surface area contributed by atoms with Gasteiger partial charge in [-0.15, -0.1) is 0 Å². The van der Waals surface area contributed by atoms with Crippen molar-refractivity contribution in [1.29, 1.82) is 0 Å². The maximum Gasteiger partial charge on any atom is 0.136 e. The molecule has 0 radical (unpaired) electrons. The van der Waals surface area contributed by atoms with Crippen LogP contribution in [-0.4, -0.2) is 16.7 Å². The molecule has 3 aromatic rings. The van der Waals surface area contributed by atoms with Crippen molar-refractivity contribution in [2.45, 2.75) is 26.0 Å². The molecule has 4 nitrogen and oxygen atoms in total. The largest absolute Gasteiger partial charge is 0.456 e. The number of nitrogens with zero attached hydrogens (tertiary/aromatic N) is 1. The van der Waals surface area contributed by atoms with E-state index in [-0.39, 0.29) is 0 Å². The lowest BCUT2D eigenvalue weighted by Gasteiger charge is -2.16. The van der Waals surface area contributed by atoms with Gasteiger partial charge in [0.05, 0.1) is 11.6 Å². The van der Waals surface area contributed by atoms with Gasteiger partial charge < -0.3 is 19.7 Å². The predicted octanol–water partition coefficient (Wildman–Crippen LogP) is 4.13. The second kappa shape index (κ2) is 7.07. The second-order valence-electron chi connectivity index (χ2n) is 6.04. The first kappa shape index (κ1) is 16.6. The van der Waals surface area contributed by atoms with E-state index in [1.54, 1.807) is 0 Å². The quantitative estimate of drug-likeness (QED) is 0.716. The van der Waals surface area contributed by atoms with Gasteiger partial charge >= 0.3 is 0 Å². The van der Waals surface area contributed by atoms with Crippen LogP contribution in [-0.2, 0) is 13.6 Å². The molecule has 2 aromatic carbocycles. The number of hydrogen-bond acceptors (Lipinski definition) is 3. The summed E-state index contributed by atoms with van der Waals surface area (Å²) in [4.78, 5) is 0. The van der Waals surface area contributed by atoms with Crippen LogP contribution in [0, 0.1) is 0 Å². The summed E-state index contributed by atoms with van der Waals surface area (Å²) >= 11 is 0. The lowest BCUT2D eigenvalue weighted by atomic mass is 10.0. The Balaban J connectivity index is 2.03. The summed E-state index contributed by atoms with van der Waals surface area (Å²) in [6.07, 6.45) is 2.24. The molecule has 0 aliphatic carbocycles. The number of nitrogens with one attached hydrogen (secondary N) is 1. The molecule has 1 heterocycles. The molecule has 3 rings (SSSR count). The van der Waals surface area contributed by atoms with Gasteiger partial charge in [0.25, 0.3) is 0 Å². The number of aryl methyl sites for hydroxylation is 1. The minimum absolute atomic E-state index is 0.469. The molecular formula is C20H24N2O2. The molecule has 24 heavy (non-hydrogen) atoms. The van der Waals surface area contributed by atoms with E-state index in [2.05, 4.69) is 22.0 Å². The topological polar surface area (TPSA) is 46.4 Å². The standard InChI is InChI=1S/C20H24N2O2/c1-4-18(23)14-8-9-15(13-21-2)20(12-14)24-19-7-5-6-17-16(19)10-11-22(17)3/h5-12,18,21,23H,4,13H2,1-3H3. The van der Waals surface area contributed by atoms with Crippen molar-refractivity contribution < 1.29 is 9.84 Å². The number of aromatic nitrogens is 1. The molecule has 0 saturated heterocycles. The highest BCUT2D eigenvalue weighted by molar-refractivity contribution is 5.86. The van der Waals surface area contributed by atoms with E-state index >= 15 is 0 Å². The summed E-state index contributed by atoms with van der Waals surface area (Å²) in [6.45, 7) is 2.68. The maximum absolute atomic E-state index is 10.1. The first-order valence-corrected chi connectivity index (χ1v) is 8.31. The zero-order valence-electron chi connectivity index (χ0n) is 14.4. The van der Waals surface area contributed by atoms with E-state index < -0.39 is 6.10 Å². The Morgan fingerprint density at radius 3 is 2.75 bits per heavy atom. The van der Waals surface area contributed by atoms with Crippen molar-refractivity contribution in [3.05, 3.63) is 59.8 Å². The summed E-state index contributed by atoms with van der Waals surface area (Å²) in [5.74, 6) is 1.61. The van der Waals surface area contributed by atoms with Crippen LogP contribution in [0.3, 0.4) is 0 Å². The van der Waals surface area contributed by atoms with Crippen LogP contribution in [0.25, 0.3) is 10.9 Å². The second-order valence-corrected chi connectivity index (χ2v) is 6.04. The number of aliphatic hydroxyl groups is 1. The predicted molar refractivity (Wildman–Crippen MR) is 97.4 cm³/mol. The molecule has 1 aromatic heterocycles. The van der Waals surface area contributed by atoms with E-state index in [0.717, 1.165) is 33.5 Å². The minimum Gasteiger partial charge on any atom is -0.456 e. The Labute approximate surface area is 142 Å². The molecule has 0 bridgehead atoms. The highest BCUT2D eigenvalue weighted by atomic mass is 16.5. The van der Waals surface area contributed by atoms with E-state index in [1.807, 2.05) is 57.5 Å². The van der Waals surface area contributed by atoms with Gasteiger partial charge in [-0.1, -0.05) is 25.1 Å². The van der Waals surface area contributed by atoms with Crippen LogP contribution in [0.5, 0.6) is 11.5 Å². The number of ether oxygens (including phenoxy) is 1. The van der Waals surface area contributed by atoms with Crippen molar-refractivity contribution in [2.75, 3.05) is 7.05 Å². The molecule has 0 amide bonds. The highest BCUT2D eigenvalue weighted by Gasteiger charge is 2.12. The van der Waals surface area contributed by atoms with Crippen molar-refractivity contribution in [1.82, 2.24) is 9.88 Å². The number of aliphatic hydroxyl groups excluding tert-OH is 1. The fraction of sp³-hybridized carbons (Fsp3) is 0.300. The summed E-state index contributed by atoms with van der Waals surface area (Å²) in [6, 6.07) is 14.1. The third-order valence-electron chi connectivity index (χ3n) is 4.34. The van der Waals surface area contributed by atoms with E-state index in [4.69, 9.17) is 4.74 Å². The molecule has 1 atom stereocenters. The fourth-order valence-electron chi connectivity index (χ4n) is 2.93. The van der Waals surface area contributed by atoms with Crippen LogP contribution in [0.15, 0.2) is 48.7 Å². The molecule has 4 heteroatoms. The van der Waals surface area contributed by atoms with Crippen LogP contribution in [0.4, 0.5) is 0 Å². The monoisotopic (exact) mass is 324 g/mol. The van der Waals surface area contributed by atoms with Gasteiger partial charge in [-0.25, -0.2) is 0 Å². The first-order chi connectivity index (χ1) is 11.6. The molecular weight excluding hydrogens is 300 g/mol. The summed E-state index contributed by atoms with van der Waals surface area (Å²) < 4.78 is 8.34. The highest BCUT2D eigenvalue weighted by Crippen LogP contribution is 2.34. The fourth-order valence-corrected chi connectivity index (χ4v) is 2.93. The summed E-state index contributed by atoms with van der Waals surface area (Å²) in [7, 11) is 3.94. The molecule has 1 unspecified atom stereocenters. The molecule has 126 valence electrons. The van der Waals surface area contributed by atoms with Crippen molar-refractivity contribution in [3.63, 3.8) is 0 Å². The van der Waals surface area contributed by atoms with Crippen molar-refractivity contribution >= 4 is 10.9 Å². The smallest absolute Gasteiger partial charge is 0.136 e. The Bertz CT molecular complexity index is 839. The lowest BCUT2D eigenvalue weighted by Crippen LogP contribution is -2.07. The van der Waals surface area contributed by atoms with Gasteiger partial charge in [0, 0.05) is 30.7 Å². The first-order valence-electron chi connectivity index (χ1n) is 8.31. The molecule has 0 aliphatic heterocycles. The number of benzene rings is 2. The van der Waals surface area contributed by atoms with E-state index in [9.17, 15) is 5.11 Å². The normalized spacial score (nSPS) is 12.5. The average Bonchev–Trinajstić information content (AvgIpc) is 2.98. The van der Waals surface area contributed by atoms with Gasteiger partial charge in [0.2, 0.25) is 0 Å². The van der Waals surface area contributed by atoms with E-state index in [0.29, 0.717) is 13.0 Å². The SMILES string of the molecule is CCC(O)c1ccc(CNC)c(Oc2cccc3c2ccn3C)c1. The summed E-state index contributed by atoms with van der Waals surface area (Å²) in [5.41, 5.74) is 3.08. The van der Waals surface area contributed by atoms with Gasteiger partial charge in [-0.05, 0) is 43.3 Å². The Morgan fingerprint density at radius 1 is 1.17 bits per heavy atom. The van der Waals surface area contributed by atoms with Crippen molar-refractivity contribution in [2.24, 2.45) is 7.05 Å². The van der Waals surface area contributed by atoms with Crippen LogP contribution < -0.4 is 10.1 Å². The molecule has 2 N–H and O–H groups in total. The van der Waals surface area contributed by atoms with Crippen LogP contribution >= 0.6 is 0 Å². The molecule has 0 aliphatic rings. The molecule has 0 fully saturated rings. The average molecular weight is 324 g/mol. The maximum atomic E-state index is 10.1. The Kier molecular flexibility index (Phi) is 4.88. The Hall–Kier alpha value is -2.30. The van der Waals surface area contributed by atoms with Gasteiger partial charge in [-0.2, -0.15) is 0 Å². The van der Waals surface area contributed by atoms with Crippen LogP contribution in [0.1, 0.15) is 30.6 Å². The van der Waals surface area contributed by atoms with Gasteiger partial charge in [-0.3, -0.25) is 0 Å². The molecule has 0 saturated carbocycles. The summed E-state index contributed by atoms with van der Waals surface area (Å²) in [5, 5.41) is 14.4. The van der Waals surface area contributed by atoms with Gasteiger partial charge in [0.1, 0.15) is 11.5 Å². The third kappa shape index (κ3) is 3.16. The number of rotatable bonds is 6. The zero-order valence-corrected chi connectivity index (χ0v) is 14.4.